The number of halogens is 1. The third-order valence-corrected chi connectivity index (χ3v) is 7.33. The van der Waals surface area contributed by atoms with Crippen molar-refractivity contribution in [2.24, 2.45) is 11.8 Å². The summed E-state index contributed by atoms with van der Waals surface area (Å²) in [5, 5.41) is 1.68. The predicted octanol–water partition coefficient (Wildman–Crippen LogP) is 9.14. The molecule has 1 aliphatic rings. The Morgan fingerprint density at radius 1 is 0.939 bits per heavy atom. The van der Waals surface area contributed by atoms with E-state index in [1.54, 1.807) is 6.08 Å². The first kappa shape index (κ1) is 23.5. The third-order valence-electron chi connectivity index (χ3n) is 7.33. The molecule has 0 bridgehead atoms. The molecule has 3 aromatic rings. The van der Waals surface area contributed by atoms with Crippen molar-refractivity contribution in [1.29, 1.82) is 0 Å². The lowest BCUT2D eigenvalue weighted by atomic mass is 9.78. The first-order valence-corrected chi connectivity index (χ1v) is 12.7. The first-order chi connectivity index (χ1) is 16.2. The standard InChI is InChI=1S/C31H37FO/c1-3-5-6-23-7-9-24(10-8-23)11-12-25-13-19-30-27(22-25)16-20-29(31(30)32)26-14-17-28(18-15-26)33-21-4-2/h4,13-20,22-24H,2-3,5-12,21H2,1H3/t23-,24-. The maximum atomic E-state index is 15.3. The van der Waals surface area contributed by atoms with E-state index in [1.165, 1.54) is 56.9 Å². The van der Waals surface area contributed by atoms with Gasteiger partial charge >= 0.3 is 0 Å². The van der Waals surface area contributed by atoms with E-state index in [4.69, 9.17) is 4.74 Å². The molecular formula is C31H37FO. The lowest BCUT2D eigenvalue weighted by Gasteiger charge is -2.28. The second-order valence-electron chi connectivity index (χ2n) is 9.67. The van der Waals surface area contributed by atoms with Crippen LogP contribution in [0.4, 0.5) is 4.39 Å². The Balaban J connectivity index is 1.39. The molecule has 0 heterocycles. The molecule has 1 aliphatic carbocycles. The molecule has 0 aliphatic heterocycles. The number of rotatable bonds is 10. The van der Waals surface area contributed by atoms with Gasteiger partial charge in [-0.1, -0.05) is 107 Å². The number of hydrogen-bond donors (Lipinski definition) is 0. The summed E-state index contributed by atoms with van der Waals surface area (Å²) >= 11 is 0. The first-order valence-electron chi connectivity index (χ1n) is 12.7. The van der Waals surface area contributed by atoms with Gasteiger partial charge in [0, 0.05) is 10.9 Å². The Morgan fingerprint density at radius 3 is 2.36 bits per heavy atom. The summed E-state index contributed by atoms with van der Waals surface area (Å²) in [6.07, 6.45) is 13.8. The third kappa shape index (κ3) is 6.05. The zero-order valence-corrected chi connectivity index (χ0v) is 20.0. The highest BCUT2D eigenvalue weighted by Crippen LogP contribution is 2.35. The van der Waals surface area contributed by atoms with Gasteiger partial charge in [0.05, 0.1) is 0 Å². The van der Waals surface area contributed by atoms with Crippen molar-refractivity contribution in [3.63, 3.8) is 0 Å². The van der Waals surface area contributed by atoms with Gasteiger partial charge in [-0.15, -0.1) is 0 Å². The molecule has 0 unspecified atom stereocenters. The summed E-state index contributed by atoms with van der Waals surface area (Å²) in [5.74, 6) is 2.44. The zero-order valence-electron chi connectivity index (χ0n) is 20.0. The van der Waals surface area contributed by atoms with E-state index in [0.29, 0.717) is 17.6 Å². The number of fused-ring (bicyclic) bond motifs is 1. The van der Waals surface area contributed by atoms with Gasteiger partial charge in [0.1, 0.15) is 18.2 Å². The Kier molecular flexibility index (Phi) is 8.20. The van der Waals surface area contributed by atoms with Crippen LogP contribution in [-0.2, 0) is 6.42 Å². The molecule has 0 saturated heterocycles. The second-order valence-corrected chi connectivity index (χ2v) is 9.67. The minimum Gasteiger partial charge on any atom is -0.490 e. The average Bonchev–Trinajstić information content (AvgIpc) is 2.86. The topological polar surface area (TPSA) is 9.23 Å². The molecule has 2 heteroatoms. The minimum absolute atomic E-state index is 0.149. The van der Waals surface area contributed by atoms with Gasteiger partial charge in [-0.05, 0) is 53.3 Å². The van der Waals surface area contributed by atoms with Gasteiger partial charge in [0.15, 0.2) is 0 Å². The van der Waals surface area contributed by atoms with Crippen molar-refractivity contribution in [1.82, 2.24) is 0 Å². The van der Waals surface area contributed by atoms with Crippen molar-refractivity contribution in [2.75, 3.05) is 6.61 Å². The lowest BCUT2D eigenvalue weighted by Crippen LogP contribution is -2.15. The SMILES string of the molecule is C=CCOc1ccc(-c2ccc3cc(CC[C@H]4CC[C@H](CCCC)CC4)ccc3c2F)cc1. The normalized spacial score (nSPS) is 18.4. The molecule has 0 aromatic heterocycles. The highest BCUT2D eigenvalue weighted by Gasteiger charge is 2.20. The van der Waals surface area contributed by atoms with Crippen LogP contribution >= 0.6 is 0 Å². The van der Waals surface area contributed by atoms with Gasteiger partial charge in [0.25, 0.3) is 0 Å². The molecule has 1 saturated carbocycles. The molecular weight excluding hydrogens is 407 g/mol. The molecule has 3 aromatic carbocycles. The molecule has 174 valence electrons. The van der Waals surface area contributed by atoms with E-state index in [-0.39, 0.29) is 5.82 Å². The number of aryl methyl sites for hydroxylation is 1. The lowest BCUT2D eigenvalue weighted by molar-refractivity contribution is 0.250. The Bertz CT molecular complexity index is 1040. The Labute approximate surface area is 198 Å². The van der Waals surface area contributed by atoms with Gasteiger partial charge in [-0.25, -0.2) is 4.39 Å². The minimum atomic E-state index is -0.149. The van der Waals surface area contributed by atoms with Gasteiger partial charge in [0.2, 0.25) is 0 Å². The van der Waals surface area contributed by atoms with E-state index in [1.807, 2.05) is 36.4 Å². The summed E-state index contributed by atoms with van der Waals surface area (Å²) < 4.78 is 20.9. The highest BCUT2D eigenvalue weighted by molar-refractivity contribution is 5.88. The van der Waals surface area contributed by atoms with Crippen molar-refractivity contribution in [2.45, 2.75) is 64.7 Å². The quantitative estimate of drug-likeness (QED) is 0.283. The molecule has 0 atom stereocenters. The summed E-state index contributed by atoms with van der Waals surface area (Å²) in [6.45, 7) is 6.42. The van der Waals surface area contributed by atoms with Crippen molar-refractivity contribution in [3.8, 4) is 16.9 Å². The number of ether oxygens (including phenoxy) is 1. The summed E-state index contributed by atoms with van der Waals surface area (Å²) in [4.78, 5) is 0. The molecule has 0 amide bonds. The zero-order chi connectivity index (χ0) is 23.0. The van der Waals surface area contributed by atoms with Crippen LogP contribution in [0.5, 0.6) is 5.75 Å². The monoisotopic (exact) mass is 444 g/mol. The molecule has 1 fully saturated rings. The fourth-order valence-corrected chi connectivity index (χ4v) is 5.28. The van der Waals surface area contributed by atoms with Crippen LogP contribution < -0.4 is 4.74 Å². The second kappa shape index (κ2) is 11.5. The van der Waals surface area contributed by atoms with E-state index in [9.17, 15) is 0 Å². The van der Waals surface area contributed by atoms with Gasteiger partial charge in [-0.3, -0.25) is 0 Å². The number of benzene rings is 3. The van der Waals surface area contributed by atoms with Gasteiger partial charge in [-0.2, -0.15) is 0 Å². The van der Waals surface area contributed by atoms with Crippen molar-refractivity contribution >= 4 is 10.8 Å². The van der Waals surface area contributed by atoms with E-state index >= 15 is 4.39 Å². The van der Waals surface area contributed by atoms with Crippen molar-refractivity contribution in [3.05, 3.63) is 78.6 Å². The summed E-state index contributed by atoms with van der Waals surface area (Å²) in [7, 11) is 0. The van der Waals surface area contributed by atoms with Crippen molar-refractivity contribution < 1.29 is 9.13 Å². The maximum Gasteiger partial charge on any atom is 0.138 e. The molecule has 0 radical (unpaired) electrons. The fraction of sp³-hybridized carbons (Fsp3) is 0.419. The number of unbranched alkanes of at least 4 members (excludes halogenated alkanes) is 1. The maximum absolute atomic E-state index is 15.3. The van der Waals surface area contributed by atoms with E-state index in [0.717, 1.165) is 35.0 Å². The molecule has 0 N–H and O–H groups in total. The van der Waals surface area contributed by atoms with Crippen LogP contribution in [0.2, 0.25) is 0 Å². The Morgan fingerprint density at radius 2 is 1.67 bits per heavy atom. The van der Waals surface area contributed by atoms with Crippen LogP contribution in [0.25, 0.3) is 21.9 Å². The fourth-order valence-electron chi connectivity index (χ4n) is 5.28. The Hall–Kier alpha value is -2.61. The van der Waals surface area contributed by atoms with Crippen LogP contribution in [0.3, 0.4) is 0 Å². The van der Waals surface area contributed by atoms with Crippen LogP contribution in [0.15, 0.2) is 67.3 Å². The van der Waals surface area contributed by atoms with E-state index in [2.05, 4.69) is 31.7 Å². The van der Waals surface area contributed by atoms with Gasteiger partial charge < -0.3 is 4.74 Å². The largest absolute Gasteiger partial charge is 0.490 e. The molecule has 4 rings (SSSR count). The van der Waals surface area contributed by atoms with Crippen LogP contribution in [0, 0.1) is 17.7 Å². The summed E-state index contributed by atoms with van der Waals surface area (Å²) in [5.41, 5.74) is 2.82. The highest BCUT2D eigenvalue weighted by atomic mass is 19.1. The smallest absolute Gasteiger partial charge is 0.138 e. The summed E-state index contributed by atoms with van der Waals surface area (Å²) in [6, 6.07) is 17.8. The van der Waals surface area contributed by atoms with Crippen LogP contribution in [-0.4, -0.2) is 6.61 Å². The number of hydrogen-bond acceptors (Lipinski definition) is 1. The average molecular weight is 445 g/mol. The van der Waals surface area contributed by atoms with Crippen LogP contribution in [0.1, 0.15) is 63.9 Å². The molecule has 33 heavy (non-hydrogen) atoms. The molecule has 0 spiro atoms. The predicted molar refractivity (Wildman–Crippen MR) is 138 cm³/mol. The molecule has 1 nitrogen and oxygen atoms in total. The van der Waals surface area contributed by atoms with E-state index < -0.39 is 0 Å².